The van der Waals surface area contributed by atoms with Gasteiger partial charge in [0, 0.05) is 17.3 Å². The van der Waals surface area contributed by atoms with Gasteiger partial charge in [0.25, 0.3) is 5.89 Å². The van der Waals surface area contributed by atoms with E-state index in [2.05, 4.69) is 25.4 Å². The van der Waals surface area contributed by atoms with Crippen LogP contribution in [0.3, 0.4) is 0 Å². The molecule has 0 radical (unpaired) electrons. The van der Waals surface area contributed by atoms with Crippen molar-refractivity contribution < 1.29 is 8.91 Å². The number of hydrogen-bond acceptors (Lipinski definition) is 6. The number of benzene rings is 1. The summed E-state index contributed by atoms with van der Waals surface area (Å²) < 4.78 is 19.7. The maximum Gasteiger partial charge on any atom is 0.261 e. The van der Waals surface area contributed by atoms with E-state index in [0.29, 0.717) is 34.3 Å². The summed E-state index contributed by atoms with van der Waals surface area (Å²) in [5, 5.41) is 7.73. The van der Waals surface area contributed by atoms with Crippen LogP contribution in [-0.4, -0.2) is 20.1 Å². The first-order valence-corrected chi connectivity index (χ1v) is 8.11. The largest absolute Gasteiger partial charge is 0.352 e. The topological polar surface area (TPSA) is 76.7 Å². The number of pyridine rings is 2. The highest BCUT2D eigenvalue weighted by Crippen LogP contribution is 2.35. The second-order valence-corrected chi connectivity index (χ2v) is 6.13. The number of rotatable bonds is 3. The number of nitrogens with zero attached hydrogens (tertiary/aromatic N) is 4. The zero-order chi connectivity index (χ0) is 18.3. The summed E-state index contributed by atoms with van der Waals surface area (Å²) >= 11 is 0. The normalized spacial score (nSPS) is 10.7. The SMILES string of the molecule is Cc1ccc(Nc2c(-c3nc(C)no3)cnc3nc(C)ccc23)c(F)c1.Cl. The van der Waals surface area contributed by atoms with Crippen LogP contribution >= 0.6 is 12.4 Å². The van der Waals surface area contributed by atoms with Crippen molar-refractivity contribution in [2.75, 3.05) is 5.32 Å². The Morgan fingerprint density at radius 3 is 2.56 bits per heavy atom. The van der Waals surface area contributed by atoms with Crippen LogP contribution in [0.2, 0.25) is 0 Å². The number of halogens is 2. The van der Waals surface area contributed by atoms with Crippen LogP contribution < -0.4 is 5.32 Å². The van der Waals surface area contributed by atoms with Crippen molar-refractivity contribution in [2.45, 2.75) is 20.8 Å². The van der Waals surface area contributed by atoms with E-state index in [0.717, 1.165) is 16.6 Å². The van der Waals surface area contributed by atoms with Crippen LogP contribution in [0.25, 0.3) is 22.5 Å². The minimum Gasteiger partial charge on any atom is -0.352 e. The Hall–Kier alpha value is -3.06. The molecular formula is C19H17ClFN5O. The first-order chi connectivity index (χ1) is 12.5. The number of hydrogen-bond donors (Lipinski definition) is 1. The molecule has 3 heterocycles. The molecule has 0 atom stereocenters. The molecule has 1 aromatic carbocycles. The van der Waals surface area contributed by atoms with E-state index in [1.54, 1.807) is 19.2 Å². The van der Waals surface area contributed by atoms with Crippen molar-refractivity contribution in [1.82, 2.24) is 20.1 Å². The van der Waals surface area contributed by atoms with Gasteiger partial charge < -0.3 is 9.84 Å². The summed E-state index contributed by atoms with van der Waals surface area (Å²) in [5.41, 5.74) is 3.80. The first kappa shape index (κ1) is 18.7. The smallest absolute Gasteiger partial charge is 0.261 e. The van der Waals surface area contributed by atoms with E-state index in [4.69, 9.17) is 4.52 Å². The fourth-order valence-corrected chi connectivity index (χ4v) is 2.73. The Kier molecular flexibility index (Phi) is 5.05. The highest BCUT2D eigenvalue weighted by atomic mass is 35.5. The van der Waals surface area contributed by atoms with Gasteiger partial charge in [-0.05, 0) is 50.6 Å². The molecule has 8 heteroatoms. The summed E-state index contributed by atoms with van der Waals surface area (Å²) in [4.78, 5) is 13.1. The minimum atomic E-state index is -0.345. The molecule has 4 rings (SSSR count). The summed E-state index contributed by atoms with van der Waals surface area (Å²) in [6, 6.07) is 8.79. The molecule has 1 N–H and O–H groups in total. The predicted octanol–water partition coefficient (Wildman–Crippen LogP) is 4.91. The van der Waals surface area contributed by atoms with Crippen LogP contribution in [0.1, 0.15) is 17.1 Å². The van der Waals surface area contributed by atoms with Crippen LogP contribution in [0, 0.1) is 26.6 Å². The first-order valence-electron chi connectivity index (χ1n) is 8.11. The second kappa shape index (κ2) is 7.28. The molecule has 0 aliphatic carbocycles. The van der Waals surface area contributed by atoms with E-state index in [1.807, 2.05) is 32.0 Å². The molecule has 6 nitrogen and oxygen atoms in total. The van der Waals surface area contributed by atoms with Crippen molar-refractivity contribution >= 4 is 34.8 Å². The Labute approximate surface area is 161 Å². The van der Waals surface area contributed by atoms with E-state index in [-0.39, 0.29) is 18.2 Å². The summed E-state index contributed by atoms with van der Waals surface area (Å²) in [6.45, 7) is 5.47. The lowest BCUT2D eigenvalue weighted by atomic mass is 10.1. The monoisotopic (exact) mass is 385 g/mol. The number of aryl methyl sites for hydroxylation is 3. The van der Waals surface area contributed by atoms with Gasteiger partial charge in [0.1, 0.15) is 5.82 Å². The zero-order valence-corrected chi connectivity index (χ0v) is 15.8. The quantitative estimate of drug-likeness (QED) is 0.540. The van der Waals surface area contributed by atoms with E-state index >= 15 is 0 Å². The lowest BCUT2D eigenvalue weighted by Crippen LogP contribution is -2.00. The zero-order valence-electron chi connectivity index (χ0n) is 14.9. The lowest BCUT2D eigenvalue weighted by molar-refractivity contribution is 0.425. The van der Waals surface area contributed by atoms with Gasteiger partial charge >= 0.3 is 0 Å². The van der Waals surface area contributed by atoms with Crippen molar-refractivity contribution in [1.29, 1.82) is 0 Å². The maximum absolute atomic E-state index is 14.4. The molecule has 0 aliphatic heterocycles. The Bertz CT molecular complexity index is 1130. The predicted molar refractivity (Wildman–Crippen MR) is 104 cm³/mol. The Morgan fingerprint density at radius 2 is 1.85 bits per heavy atom. The molecule has 0 fully saturated rings. The molecule has 0 amide bonds. The second-order valence-electron chi connectivity index (χ2n) is 6.13. The van der Waals surface area contributed by atoms with E-state index in [9.17, 15) is 4.39 Å². The van der Waals surface area contributed by atoms with Crippen LogP contribution in [0.5, 0.6) is 0 Å². The van der Waals surface area contributed by atoms with Gasteiger partial charge in [-0.15, -0.1) is 12.4 Å². The van der Waals surface area contributed by atoms with Crippen molar-refractivity contribution in [3.05, 3.63) is 59.4 Å². The van der Waals surface area contributed by atoms with E-state index in [1.165, 1.54) is 6.07 Å². The van der Waals surface area contributed by atoms with Crippen molar-refractivity contribution in [3.8, 4) is 11.5 Å². The van der Waals surface area contributed by atoms with Crippen LogP contribution in [-0.2, 0) is 0 Å². The van der Waals surface area contributed by atoms with Gasteiger partial charge in [-0.1, -0.05) is 11.2 Å². The third kappa shape index (κ3) is 3.59. The molecule has 3 aromatic heterocycles. The fourth-order valence-electron chi connectivity index (χ4n) is 2.73. The molecule has 0 saturated heterocycles. The van der Waals surface area contributed by atoms with Gasteiger partial charge in [-0.25, -0.2) is 14.4 Å². The number of fused-ring (bicyclic) bond motifs is 1. The van der Waals surface area contributed by atoms with E-state index < -0.39 is 0 Å². The Morgan fingerprint density at radius 1 is 1.04 bits per heavy atom. The average molecular weight is 386 g/mol. The van der Waals surface area contributed by atoms with Gasteiger partial charge in [-0.2, -0.15) is 4.98 Å². The molecular weight excluding hydrogens is 369 g/mol. The molecule has 138 valence electrons. The van der Waals surface area contributed by atoms with Crippen molar-refractivity contribution in [2.24, 2.45) is 0 Å². The number of nitrogens with one attached hydrogen (secondary N) is 1. The fraction of sp³-hybridized carbons (Fsp3) is 0.158. The Balaban J connectivity index is 0.00000210. The van der Waals surface area contributed by atoms with Gasteiger partial charge in [0.15, 0.2) is 11.5 Å². The van der Waals surface area contributed by atoms with Gasteiger partial charge in [-0.3, -0.25) is 0 Å². The molecule has 0 unspecified atom stereocenters. The highest BCUT2D eigenvalue weighted by Gasteiger charge is 2.18. The molecule has 27 heavy (non-hydrogen) atoms. The van der Waals surface area contributed by atoms with Crippen LogP contribution in [0.4, 0.5) is 15.8 Å². The number of aromatic nitrogens is 4. The van der Waals surface area contributed by atoms with Crippen molar-refractivity contribution in [3.63, 3.8) is 0 Å². The van der Waals surface area contributed by atoms with Gasteiger partial charge in [0.05, 0.1) is 16.9 Å². The third-order valence-corrected chi connectivity index (χ3v) is 4.01. The summed E-state index contributed by atoms with van der Waals surface area (Å²) in [5.74, 6) is 0.477. The molecule has 0 bridgehead atoms. The maximum atomic E-state index is 14.4. The molecule has 0 saturated carbocycles. The van der Waals surface area contributed by atoms with Crippen LogP contribution in [0.15, 0.2) is 41.1 Å². The minimum absolute atomic E-state index is 0. The average Bonchev–Trinajstić information content (AvgIpc) is 3.03. The molecule has 4 aromatic rings. The van der Waals surface area contributed by atoms with Gasteiger partial charge in [0.2, 0.25) is 0 Å². The lowest BCUT2D eigenvalue weighted by Gasteiger charge is -2.13. The highest BCUT2D eigenvalue weighted by molar-refractivity contribution is 5.98. The number of anilines is 2. The summed E-state index contributed by atoms with van der Waals surface area (Å²) in [7, 11) is 0. The molecule has 0 aliphatic rings. The summed E-state index contributed by atoms with van der Waals surface area (Å²) in [6.07, 6.45) is 1.61. The third-order valence-electron chi connectivity index (χ3n) is 4.01. The standard InChI is InChI=1S/C19H16FN5O.ClH/c1-10-4-7-16(15(20)8-10)24-17-13-6-5-11(2)22-18(13)21-9-14(17)19-23-12(3)25-26-19;/h4-9H,1-3H3,(H,21,22,24);1H. The molecule has 0 spiro atoms.